The molecule has 4 aliphatic rings. The number of carbonyl (C=O) groups excluding carboxylic acids is 2. The van der Waals surface area contributed by atoms with Gasteiger partial charge in [-0.3, -0.25) is 9.59 Å². The summed E-state index contributed by atoms with van der Waals surface area (Å²) in [6.45, 7) is 13.8. The highest BCUT2D eigenvalue weighted by molar-refractivity contribution is 7.88. The van der Waals surface area contributed by atoms with E-state index in [-0.39, 0.29) is 42.8 Å². The van der Waals surface area contributed by atoms with Gasteiger partial charge in [-0.25, -0.2) is 13.1 Å². The zero-order chi connectivity index (χ0) is 45.4. The summed E-state index contributed by atoms with van der Waals surface area (Å²) in [6.07, 6.45) is 4.28. The first-order chi connectivity index (χ1) is 30.2. The van der Waals surface area contributed by atoms with Crippen LogP contribution in [0.15, 0.2) is 72.8 Å². The molecule has 2 amide bonds. The van der Waals surface area contributed by atoms with Crippen molar-refractivity contribution in [1.29, 1.82) is 0 Å². The minimum atomic E-state index is -3.38. The number of carbonyl (C=O) groups is 2. The minimum absolute atomic E-state index is 0.00568. The van der Waals surface area contributed by atoms with Crippen LogP contribution < -0.4 is 40.0 Å². The van der Waals surface area contributed by atoms with Crippen LogP contribution in [-0.2, 0) is 54.4 Å². The molecule has 0 spiro atoms. The lowest BCUT2D eigenvalue weighted by molar-refractivity contribution is -0.119. The van der Waals surface area contributed by atoms with Crippen LogP contribution >= 0.6 is 0 Å². The number of aromatic amines is 2. The Kier molecular flexibility index (Phi) is 10.5. The largest absolute Gasteiger partial charge is 0.454 e. The molecule has 14 nitrogen and oxygen atoms in total. The summed E-state index contributed by atoms with van der Waals surface area (Å²) >= 11 is 0. The van der Waals surface area contributed by atoms with E-state index >= 15 is 0 Å². The zero-order valence-corrected chi connectivity index (χ0v) is 38.2. The van der Waals surface area contributed by atoms with Gasteiger partial charge in [0.15, 0.2) is 23.0 Å². The number of amides is 2. The molecule has 4 heterocycles. The van der Waals surface area contributed by atoms with E-state index in [1.165, 1.54) is 0 Å². The van der Waals surface area contributed by atoms with Crippen molar-refractivity contribution < 1.29 is 37.0 Å². The van der Waals surface area contributed by atoms with E-state index in [1.54, 1.807) is 0 Å². The van der Waals surface area contributed by atoms with E-state index in [4.69, 9.17) is 24.7 Å². The number of rotatable bonds is 10. The first-order valence-corrected chi connectivity index (χ1v) is 23.5. The smallest absolute Gasteiger partial charge is 0.235 e. The molecule has 0 radical (unpaired) electrons. The SMILES string of the molecule is CC(C)(C)c1cc2cc(NC(=O)C3(c4ccc5c(c4)OCO5)CC3)cc(CN)c2[nH]1.CC(C)(C)c1cc2cc(NC(=O)C3(c4ccc5c(c4)OCO5)CC3)cc(CNS(C)(=O)=O)c2[nH]1. The molecule has 7 N–H and O–H groups in total. The Morgan fingerprint density at radius 1 is 0.625 bits per heavy atom. The fourth-order valence-corrected chi connectivity index (χ4v) is 8.95. The first-order valence-electron chi connectivity index (χ1n) is 21.6. The number of anilines is 2. The van der Waals surface area contributed by atoms with Gasteiger partial charge in [0.05, 0.1) is 28.1 Å². The number of hydrogen-bond donors (Lipinski definition) is 6. The van der Waals surface area contributed by atoms with E-state index < -0.39 is 20.9 Å². The van der Waals surface area contributed by atoms with Gasteiger partial charge in [0, 0.05) is 57.5 Å². The number of fused-ring (bicyclic) bond motifs is 4. The molecule has 336 valence electrons. The number of benzene rings is 4. The number of nitrogens with one attached hydrogen (secondary N) is 5. The maximum atomic E-state index is 13.4. The van der Waals surface area contributed by atoms with Gasteiger partial charge in [-0.2, -0.15) is 0 Å². The Morgan fingerprint density at radius 3 is 1.45 bits per heavy atom. The summed E-state index contributed by atoms with van der Waals surface area (Å²) in [5.74, 6) is 2.72. The predicted octanol–water partition coefficient (Wildman–Crippen LogP) is 8.24. The highest BCUT2D eigenvalue weighted by Gasteiger charge is 2.53. The van der Waals surface area contributed by atoms with Gasteiger partial charge in [-0.1, -0.05) is 53.7 Å². The van der Waals surface area contributed by atoms with E-state index in [0.29, 0.717) is 29.5 Å². The van der Waals surface area contributed by atoms with Gasteiger partial charge >= 0.3 is 0 Å². The number of hydrogen-bond acceptors (Lipinski definition) is 9. The molecule has 0 unspecified atom stereocenters. The molecule has 2 aliphatic heterocycles. The van der Waals surface area contributed by atoms with Crippen molar-refractivity contribution in [3.8, 4) is 23.0 Å². The maximum absolute atomic E-state index is 13.4. The molecule has 2 saturated carbocycles. The highest BCUT2D eigenvalue weighted by atomic mass is 32.2. The lowest BCUT2D eigenvalue weighted by Gasteiger charge is -2.17. The molecule has 0 bridgehead atoms. The second-order valence-electron chi connectivity index (χ2n) is 19.6. The van der Waals surface area contributed by atoms with Crippen LogP contribution in [0.3, 0.4) is 0 Å². The van der Waals surface area contributed by atoms with Gasteiger partial charge in [-0.15, -0.1) is 0 Å². The molecule has 0 saturated heterocycles. The van der Waals surface area contributed by atoms with Gasteiger partial charge in [-0.05, 0) is 109 Å². The van der Waals surface area contributed by atoms with Gasteiger partial charge in [0.2, 0.25) is 35.4 Å². The summed E-state index contributed by atoms with van der Waals surface area (Å²) < 4.78 is 47.8. The predicted molar refractivity (Wildman–Crippen MR) is 248 cm³/mol. The second-order valence-corrected chi connectivity index (χ2v) is 21.4. The van der Waals surface area contributed by atoms with Gasteiger partial charge in [0.25, 0.3) is 0 Å². The molecule has 6 aromatic rings. The van der Waals surface area contributed by atoms with E-state index in [0.717, 1.165) is 98.8 Å². The quantitative estimate of drug-likeness (QED) is 0.0784. The second kappa shape index (κ2) is 15.6. The molecular formula is C49H56N6O8S. The number of aromatic nitrogens is 2. The molecular weight excluding hydrogens is 833 g/mol. The third kappa shape index (κ3) is 8.39. The molecule has 2 aliphatic carbocycles. The first kappa shape index (κ1) is 43.2. The molecule has 0 atom stereocenters. The lowest BCUT2D eigenvalue weighted by atomic mass is 9.92. The van der Waals surface area contributed by atoms with Crippen LogP contribution in [0.1, 0.15) is 101 Å². The van der Waals surface area contributed by atoms with Gasteiger partial charge < -0.3 is 45.3 Å². The van der Waals surface area contributed by atoms with E-state index in [2.05, 4.69) is 79.0 Å². The molecule has 15 heteroatoms. The topological polar surface area (TPSA) is 199 Å². The average molecular weight is 889 g/mol. The number of H-pyrrole nitrogens is 2. The number of nitrogens with two attached hydrogens (primary N) is 1. The van der Waals surface area contributed by atoms with Gasteiger partial charge in [0.1, 0.15) is 0 Å². The Labute approximate surface area is 373 Å². The fourth-order valence-electron chi connectivity index (χ4n) is 8.53. The van der Waals surface area contributed by atoms with Crippen LogP contribution in [0, 0.1) is 0 Å². The van der Waals surface area contributed by atoms with Crippen molar-refractivity contribution in [2.45, 2.75) is 102 Å². The molecule has 2 fully saturated rings. The summed E-state index contributed by atoms with van der Waals surface area (Å²) in [6, 6.07) is 23.4. The Morgan fingerprint density at radius 2 is 1.05 bits per heavy atom. The third-order valence-electron chi connectivity index (χ3n) is 12.7. The lowest BCUT2D eigenvalue weighted by Crippen LogP contribution is -2.28. The van der Waals surface area contributed by atoms with Crippen molar-refractivity contribution in [3.05, 3.63) is 106 Å². The molecule has 64 heavy (non-hydrogen) atoms. The van der Waals surface area contributed by atoms with Crippen molar-refractivity contribution in [2.24, 2.45) is 5.73 Å². The van der Waals surface area contributed by atoms with Crippen molar-refractivity contribution >= 4 is 55.0 Å². The van der Waals surface area contributed by atoms with Crippen LogP contribution in [-0.4, -0.2) is 50.0 Å². The number of sulfonamides is 1. The molecule has 10 rings (SSSR count). The van der Waals surface area contributed by atoms with Crippen LogP contribution in [0.5, 0.6) is 23.0 Å². The molecule has 4 aromatic carbocycles. The van der Waals surface area contributed by atoms with Crippen molar-refractivity contribution in [3.63, 3.8) is 0 Å². The Balaban J connectivity index is 0.000000163. The van der Waals surface area contributed by atoms with Crippen LogP contribution in [0.4, 0.5) is 11.4 Å². The van der Waals surface area contributed by atoms with Crippen molar-refractivity contribution in [1.82, 2.24) is 14.7 Å². The summed E-state index contributed by atoms with van der Waals surface area (Å²) in [5.41, 5.74) is 13.9. The van der Waals surface area contributed by atoms with E-state index in [1.807, 2.05) is 60.7 Å². The maximum Gasteiger partial charge on any atom is 0.235 e. The average Bonchev–Trinajstić information content (AvgIpc) is 3.91. The van der Waals surface area contributed by atoms with Crippen LogP contribution in [0.25, 0.3) is 21.8 Å². The Bertz CT molecular complexity index is 2950. The summed E-state index contributed by atoms with van der Waals surface area (Å²) in [7, 11) is -3.38. The third-order valence-corrected chi connectivity index (χ3v) is 13.4. The summed E-state index contributed by atoms with van der Waals surface area (Å²) in [5, 5.41) is 8.21. The number of ether oxygens (including phenoxy) is 4. The normalized spacial score (nSPS) is 16.6. The standard InChI is InChI=1S/C25H29N3O5S.C24H27N3O3/c1-24(2,3)21-11-15-9-18(10-16(22(15)28-21)13-26-34(4,30)31)27-23(29)25(7-8-25)17-5-6-19-20(12-17)33-14-32-19;1-23(2,3)20-10-14-8-17(9-15(12-25)21(14)27-20)26-22(28)24(6-7-24)16-4-5-18-19(11-16)30-13-29-18/h5-6,9-12,26,28H,7-8,13-14H2,1-4H3,(H,27,29);4-5,8-11,27H,6-7,12-13,25H2,1-3H3,(H,26,28). The highest BCUT2D eigenvalue weighted by Crippen LogP contribution is 2.52. The fraction of sp³-hybridized carbons (Fsp3) is 0.388. The van der Waals surface area contributed by atoms with Crippen LogP contribution in [0.2, 0.25) is 0 Å². The van der Waals surface area contributed by atoms with E-state index in [9.17, 15) is 18.0 Å². The zero-order valence-electron chi connectivity index (χ0n) is 37.3. The Hall–Kier alpha value is -6.03. The van der Waals surface area contributed by atoms with Crippen molar-refractivity contribution in [2.75, 3.05) is 30.5 Å². The molecule has 2 aromatic heterocycles. The monoisotopic (exact) mass is 888 g/mol. The minimum Gasteiger partial charge on any atom is -0.454 e. The summed E-state index contributed by atoms with van der Waals surface area (Å²) in [4.78, 5) is 33.6.